The minimum Gasteiger partial charge on any atom is -0.481 e. The van der Waals surface area contributed by atoms with Gasteiger partial charge in [0.1, 0.15) is 5.75 Å². The van der Waals surface area contributed by atoms with Crippen molar-refractivity contribution in [1.82, 2.24) is 4.90 Å². The van der Waals surface area contributed by atoms with Crippen molar-refractivity contribution in [1.29, 1.82) is 0 Å². The standard InChI is InChI=1S/C19H27NO2/c1-3-11-20(12-4-2)16-13-15-7-5-6-8-17(15)22-19(16)18(21)14-9-10-14/h5-8,14,16,19H,3-4,9-13H2,1-2H3/t16?,19-/m0/s1. The lowest BCUT2D eigenvalue weighted by Gasteiger charge is -2.40. The molecule has 3 heteroatoms. The molecule has 2 aliphatic rings. The van der Waals surface area contributed by atoms with Gasteiger partial charge in [0, 0.05) is 5.92 Å². The summed E-state index contributed by atoms with van der Waals surface area (Å²) in [7, 11) is 0. The van der Waals surface area contributed by atoms with Crippen LogP contribution in [0.1, 0.15) is 45.1 Å². The predicted octanol–water partition coefficient (Wildman–Crippen LogP) is 3.46. The zero-order valence-electron chi connectivity index (χ0n) is 13.8. The fourth-order valence-electron chi connectivity index (χ4n) is 3.52. The first kappa shape index (κ1) is 15.5. The second-order valence-electron chi connectivity index (χ2n) is 6.63. The summed E-state index contributed by atoms with van der Waals surface area (Å²) in [5.74, 6) is 1.49. The summed E-state index contributed by atoms with van der Waals surface area (Å²) in [5, 5.41) is 0. The van der Waals surface area contributed by atoms with Gasteiger partial charge in [0.05, 0.1) is 6.04 Å². The van der Waals surface area contributed by atoms with Crippen molar-refractivity contribution in [2.24, 2.45) is 5.92 Å². The quantitative estimate of drug-likeness (QED) is 0.772. The Hall–Kier alpha value is -1.35. The minimum absolute atomic E-state index is 0.197. The van der Waals surface area contributed by atoms with Gasteiger partial charge in [0.25, 0.3) is 0 Å². The van der Waals surface area contributed by atoms with Crippen LogP contribution < -0.4 is 4.74 Å². The van der Waals surface area contributed by atoms with Crippen LogP contribution in [0.2, 0.25) is 0 Å². The largest absolute Gasteiger partial charge is 0.481 e. The molecule has 1 aliphatic heterocycles. The van der Waals surface area contributed by atoms with Gasteiger partial charge in [-0.1, -0.05) is 32.0 Å². The Morgan fingerprint density at radius 1 is 1.18 bits per heavy atom. The van der Waals surface area contributed by atoms with E-state index in [4.69, 9.17) is 4.74 Å². The monoisotopic (exact) mass is 301 g/mol. The van der Waals surface area contributed by atoms with Crippen molar-refractivity contribution in [2.45, 2.75) is 58.1 Å². The molecule has 1 aromatic rings. The van der Waals surface area contributed by atoms with Gasteiger partial charge in [-0.3, -0.25) is 9.69 Å². The molecule has 0 amide bonds. The highest BCUT2D eigenvalue weighted by Gasteiger charge is 2.44. The van der Waals surface area contributed by atoms with E-state index in [1.54, 1.807) is 0 Å². The van der Waals surface area contributed by atoms with Crippen LogP contribution in [-0.4, -0.2) is 35.9 Å². The lowest BCUT2D eigenvalue weighted by Crippen LogP contribution is -2.54. The molecule has 22 heavy (non-hydrogen) atoms. The first-order valence-electron chi connectivity index (χ1n) is 8.77. The summed E-state index contributed by atoms with van der Waals surface area (Å²) in [6.45, 7) is 6.49. The van der Waals surface area contributed by atoms with E-state index in [0.717, 1.165) is 50.9 Å². The molecule has 3 rings (SSSR count). The number of Topliss-reactive ketones (excluding diaryl/α,β-unsaturated/α-hetero) is 1. The number of para-hydroxylation sites is 1. The molecule has 2 atom stereocenters. The van der Waals surface area contributed by atoms with Gasteiger partial charge in [-0.15, -0.1) is 0 Å². The first-order valence-corrected chi connectivity index (χ1v) is 8.77. The van der Waals surface area contributed by atoms with Crippen molar-refractivity contribution >= 4 is 5.78 Å². The molecule has 0 aromatic heterocycles. The maximum absolute atomic E-state index is 12.7. The number of carbonyl (C=O) groups excluding carboxylic acids is 1. The number of hydrogen-bond donors (Lipinski definition) is 0. The maximum atomic E-state index is 12.7. The zero-order chi connectivity index (χ0) is 15.5. The highest BCUT2D eigenvalue weighted by Crippen LogP contribution is 2.37. The van der Waals surface area contributed by atoms with Gasteiger partial charge in [-0.25, -0.2) is 0 Å². The van der Waals surface area contributed by atoms with Crippen LogP contribution in [0.25, 0.3) is 0 Å². The molecule has 0 bridgehead atoms. The van der Waals surface area contributed by atoms with Crippen molar-refractivity contribution in [3.8, 4) is 5.75 Å². The molecule has 1 aromatic carbocycles. The summed E-state index contributed by atoms with van der Waals surface area (Å²) in [6.07, 6.45) is 4.98. The number of benzene rings is 1. The van der Waals surface area contributed by atoms with Gasteiger partial charge < -0.3 is 4.74 Å². The van der Waals surface area contributed by atoms with E-state index in [1.807, 2.05) is 12.1 Å². The molecule has 0 saturated heterocycles. The van der Waals surface area contributed by atoms with Gasteiger partial charge in [0.15, 0.2) is 11.9 Å². The number of carbonyl (C=O) groups is 1. The summed E-state index contributed by atoms with van der Waals surface area (Å²) in [6, 6.07) is 8.39. The average Bonchev–Trinajstić information content (AvgIpc) is 3.37. The van der Waals surface area contributed by atoms with Crippen LogP contribution in [-0.2, 0) is 11.2 Å². The average molecular weight is 301 g/mol. The molecule has 120 valence electrons. The molecule has 1 aliphatic carbocycles. The molecule has 0 radical (unpaired) electrons. The third kappa shape index (κ3) is 3.19. The zero-order valence-corrected chi connectivity index (χ0v) is 13.8. The third-order valence-electron chi connectivity index (χ3n) is 4.76. The third-order valence-corrected chi connectivity index (χ3v) is 4.76. The van der Waals surface area contributed by atoms with E-state index < -0.39 is 0 Å². The summed E-state index contributed by atoms with van der Waals surface area (Å²) in [4.78, 5) is 15.2. The molecule has 1 heterocycles. The first-order chi connectivity index (χ1) is 10.7. The second kappa shape index (κ2) is 6.82. The predicted molar refractivity (Wildman–Crippen MR) is 88.2 cm³/mol. The van der Waals surface area contributed by atoms with E-state index in [9.17, 15) is 4.79 Å². The summed E-state index contributed by atoms with van der Waals surface area (Å²) < 4.78 is 6.19. The molecule has 1 saturated carbocycles. The molecule has 1 fully saturated rings. The Balaban J connectivity index is 1.87. The van der Waals surface area contributed by atoms with Crippen molar-refractivity contribution in [3.63, 3.8) is 0 Å². The topological polar surface area (TPSA) is 29.5 Å². The maximum Gasteiger partial charge on any atom is 0.178 e. The molecule has 3 nitrogen and oxygen atoms in total. The number of nitrogens with zero attached hydrogens (tertiary/aromatic N) is 1. The second-order valence-corrected chi connectivity index (χ2v) is 6.63. The number of rotatable bonds is 7. The van der Waals surface area contributed by atoms with Crippen molar-refractivity contribution < 1.29 is 9.53 Å². The van der Waals surface area contributed by atoms with Crippen LogP contribution in [0.15, 0.2) is 24.3 Å². The highest BCUT2D eigenvalue weighted by molar-refractivity contribution is 5.88. The highest BCUT2D eigenvalue weighted by atomic mass is 16.5. The Morgan fingerprint density at radius 2 is 1.86 bits per heavy atom. The Morgan fingerprint density at radius 3 is 2.50 bits per heavy atom. The van der Waals surface area contributed by atoms with E-state index in [-0.39, 0.29) is 18.1 Å². The molecular weight excluding hydrogens is 274 g/mol. The van der Waals surface area contributed by atoms with Gasteiger partial charge in [0.2, 0.25) is 0 Å². The van der Waals surface area contributed by atoms with Crippen LogP contribution >= 0.6 is 0 Å². The molecule has 0 N–H and O–H groups in total. The molecular formula is C19H27NO2. The lowest BCUT2D eigenvalue weighted by atomic mass is 9.91. The summed E-state index contributed by atoms with van der Waals surface area (Å²) >= 11 is 0. The minimum atomic E-state index is -0.277. The van der Waals surface area contributed by atoms with Crippen LogP contribution in [0.5, 0.6) is 5.75 Å². The summed E-state index contributed by atoms with van der Waals surface area (Å²) in [5.41, 5.74) is 1.24. The van der Waals surface area contributed by atoms with E-state index in [0.29, 0.717) is 5.78 Å². The normalized spacial score (nSPS) is 24.0. The van der Waals surface area contributed by atoms with Crippen LogP contribution in [0.4, 0.5) is 0 Å². The Labute approximate surface area is 133 Å². The Kier molecular flexibility index (Phi) is 4.82. The van der Waals surface area contributed by atoms with Crippen LogP contribution in [0, 0.1) is 5.92 Å². The van der Waals surface area contributed by atoms with Crippen LogP contribution in [0.3, 0.4) is 0 Å². The Bertz CT molecular complexity index is 518. The van der Waals surface area contributed by atoms with E-state index >= 15 is 0 Å². The fourth-order valence-corrected chi connectivity index (χ4v) is 3.52. The molecule has 0 spiro atoms. The van der Waals surface area contributed by atoms with E-state index in [1.165, 1.54) is 5.56 Å². The van der Waals surface area contributed by atoms with Gasteiger partial charge >= 0.3 is 0 Å². The van der Waals surface area contributed by atoms with Crippen molar-refractivity contribution in [2.75, 3.05) is 13.1 Å². The lowest BCUT2D eigenvalue weighted by molar-refractivity contribution is -0.131. The van der Waals surface area contributed by atoms with Gasteiger partial charge in [-0.2, -0.15) is 0 Å². The SMILES string of the molecule is CCCN(CCC)C1Cc2ccccc2O[C@@H]1C(=O)C1CC1. The smallest absolute Gasteiger partial charge is 0.178 e. The van der Waals surface area contributed by atoms with Gasteiger partial charge in [-0.05, 0) is 56.8 Å². The number of ketones is 1. The number of ether oxygens (including phenoxy) is 1. The molecule has 1 unspecified atom stereocenters. The fraction of sp³-hybridized carbons (Fsp3) is 0.632. The number of fused-ring (bicyclic) bond motifs is 1. The number of hydrogen-bond acceptors (Lipinski definition) is 3. The van der Waals surface area contributed by atoms with Crippen molar-refractivity contribution in [3.05, 3.63) is 29.8 Å². The van der Waals surface area contributed by atoms with E-state index in [2.05, 4.69) is 30.9 Å².